The lowest BCUT2D eigenvalue weighted by molar-refractivity contribution is -0.385. The molecule has 3 rings (SSSR count). The van der Waals surface area contributed by atoms with Crippen LogP contribution in [0.5, 0.6) is 0 Å². The maximum absolute atomic E-state index is 12.4. The number of hydrogen-bond donors (Lipinski definition) is 4. The van der Waals surface area contributed by atoms with Crippen molar-refractivity contribution in [3.05, 3.63) is 86.2 Å². The summed E-state index contributed by atoms with van der Waals surface area (Å²) in [5, 5.41) is 22.7. The van der Waals surface area contributed by atoms with Crippen LogP contribution in [0.25, 0.3) is 0 Å². The van der Waals surface area contributed by atoms with E-state index in [0.717, 1.165) is 18.0 Å². The lowest BCUT2D eigenvalue weighted by Gasteiger charge is -2.12. The number of nitro groups is 2. The van der Waals surface area contributed by atoms with Crippen molar-refractivity contribution in [2.75, 3.05) is 10.9 Å². The molecule has 16 heteroatoms. The molecule has 0 aliphatic rings. The largest absolute Gasteiger partial charge is 0.356 e. The highest BCUT2D eigenvalue weighted by Crippen LogP contribution is 2.28. The van der Waals surface area contributed by atoms with Crippen LogP contribution in [0.4, 0.5) is 23.0 Å². The number of aromatic nitrogens is 2. The molecule has 2 aromatic carbocycles. The molecule has 0 fully saturated rings. The third-order valence-corrected chi connectivity index (χ3v) is 5.54. The van der Waals surface area contributed by atoms with Gasteiger partial charge in [-0.25, -0.2) is 18.4 Å². The highest BCUT2D eigenvalue weighted by molar-refractivity contribution is 7.89. The highest BCUT2D eigenvalue weighted by atomic mass is 32.2. The molecule has 176 valence electrons. The fourth-order valence-electron chi connectivity index (χ4n) is 2.63. The number of aryl methyl sites for hydroxylation is 1. The summed E-state index contributed by atoms with van der Waals surface area (Å²) in [6.07, 6.45) is 0.870. The Kier molecular flexibility index (Phi) is 6.93. The van der Waals surface area contributed by atoms with Crippen molar-refractivity contribution < 1.29 is 23.1 Å². The molecule has 0 saturated heterocycles. The van der Waals surface area contributed by atoms with Gasteiger partial charge in [0.05, 0.1) is 14.7 Å². The molecule has 0 radical (unpaired) electrons. The van der Waals surface area contributed by atoms with Crippen LogP contribution in [0, 0.1) is 27.2 Å². The molecule has 4 N–H and O–H groups in total. The Hall–Kier alpha value is -4.70. The molecular weight excluding hydrogens is 472 g/mol. The van der Waals surface area contributed by atoms with Gasteiger partial charge < -0.3 is 0 Å². The van der Waals surface area contributed by atoms with E-state index >= 15 is 0 Å². The van der Waals surface area contributed by atoms with Gasteiger partial charge in [-0.15, -0.1) is 4.83 Å². The minimum atomic E-state index is -4.10. The maximum atomic E-state index is 12.4. The number of carbonyl (C=O) groups is 1. The van der Waals surface area contributed by atoms with Crippen LogP contribution < -0.4 is 21.1 Å². The number of nitro benzene ring substituents is 1. The molecule has 0 bridgehead atoms. The number of sulfonamides is 1. The number of hydrazine groups is 2. The number of rotatable bonds is 9. The summed E-state index contributed by atoms with van der Waals surface area (Å²) in [4.78, 5) is 42.6. The minimum absolute atomic E-state index is 0.0997. The molecule has 0 saturated carbocycles. The van der Waals surface area contributed by atoms with Crippen molar-refractivity contribution in [1.82, 2.24) is 20.2 Å². The van der Waals surface area contributed by atoms with E-state index in [0.29, 0.717) is 0 Å². The number of hydrogen-bond acceptors (Lipinski definition) is 11. The van der Waals surface area contributed by atoms with Crippen LogP contribution in [0.1, 0.15) is 15.9 Å². The monoisotopic (exact) mass is 488 g/mol. The minimum Gasteiger partial charge on any atom is -0.286 e. The topological polar surface area (TPSA) is 211 Å². The number of nitrogens with zero attached hydrogens (tertiary/aromatic N) is 4. The molecule has 0 aliphatic carbocycles. The highest BCUT2D eigenvalue weighted by Gasteiger charge is 2.26. The van der Waals surface area contributed by atoms with Crippen LogP contribution >= 0.6 is 0 Å². The van der Waals surface area contributed by atoms with Crippen molar-refractivity contribution in [3.63, 3.8) is 0 Å². The number of para-hydroxylation sites is 1. The number of carbonyl (C=O) groups excluding carboxylic acids is 1. The molecule has 1 amide bonds. The molecular formula is C18H16N8O7S. The molecule has 0 unspecified atom stereocenters. The van der Waals surface area contributed by atoms with Gasteiger partial charge in [-0.3, -0.25) is 41.3 Å². The first kappa shape index (κ1) is 24.0. The Balaban J connectivity index is 1.80. The predicted molar refractivity (Wildman–Crippen MR) is 118 cm³/mol. The van der Waals surface area contributed by atoms with Crippen molar-refractivity contribution in [3.8, 4) is 0 Å². The predicted octanol–water partition coefficient (Wildman–Crippen LogP) is 1.66. The third-order valence-electron chi connectivity index (χ3n) is 4.28. The first-order valence-corrected chi connectivity index (χ1v) is 10.7. The van der Waals surface area contributed by atoms with Gasteiger partial charge >= 0.3 is 5.69 Å². The van der Waals surface area contributed by atoms with Gasteiger partial charge in [-0.2, -0.15) is 0 Å². The SMILES string of the molecule is Cc1ccc(S(=O)(=O)NNc2ncnc(NNC(=O)c3ccccc3[N+](=O)[O-])c2[N+](=O)[O-])cc1. The number of amides is 1. The number of benzene rings is 2. The van der Waals surface area contributed by atoms with Gasteiger partial charge in [0.15, 0.2) is 0 Å². The molecule has 0 atom stereocenters. The van der Waals surface area contributed by atoms with Gasteiger partial charge in [0.25, 0.3) is 21.6 Å². The van der Waals surface area contributed by atoms with E-state index in [9.17, 15) is 33.4 Å². The van der Waals surface area contributed by atoms with Crippen LogP contribution in [0.3, 0.4) is 0 Å². The standard InChI is InChI=1S/C18H16N8O7S/c1-11-6-8-12(9-7-11)34(32,33)24-22-17-15(26(30)31)16(19-10-20-17)21-23-18(27)13-4-2-3-5-14(13)25(28)29/h2-10,24H,1H3,(H,23,27)(H2,19,20,21,22). The second kappa shape index (κ2) is 9.84. The average Bonchev–Trinajstić information content (AvgIpc) is 2.81. The van der Waals surface area contributed by atoms with E-state index in [2.05, 4.69) is 26.2 Å². The first-order valence-electron chi connectivity index (χ1n) is 9.24. The maximum Gasteiger partial charge on any atom is 0.356 e. The summed E-state index contributed by atoms with van der Waals surface area (Å²) in [6, 6.07) is 10.9. The normalized spacial score (nSPS) is 10.9. The number of anilines is 2. The second-order valence-electron chi connectivity index (χ2n) is 6.57. The van der Waals surface area contributed by atoms with E-state index in [-0.39, 0.29) is 10.5 Å². The zero-order chi connectivity index (χ0) is 24.9. The molecule has 15 nitrogen and oxygen atoms in total. The van der Waals surface area contributed by atoms with E-state index < -0.39 is 48.8 Å². The van der Waals surface area contributed by atoms with Crippen LogP contribution in [-0.2, 0) is 10.0 Å². The molecule has 3 aromatic rings. The Morgan fingerprint density at radius 1 is 0.912 bits per heavy atom. The zero-order valence-corrected chi connectivity index (χ0v) is 18.1. The van der Waals surface area contributed by atoms with Crippen molar-refractivity contribution in [1.29, 1.82) is 0 Å². The Labute approximate surface area is 191 Å². The van der Waals surface area contributed by atoms with E-state index in [1.165, 1.54) is 30.3 Å². The van der Waals surface area contributed by atoms with Crippen LogP contribution in [0.2, 0.25) is 0 Å². The Morgan fingerprint density at radius 3 is 2.15 bits per heavy atom. The molecule has 0 aliphatic heterocycles. The van der Waals surface area contributed by atoms with Gasteiger partial charge in [-0.05, 0) is 25.1 Å². The third kappa shape index (κ3) is 5.37. The van der Waals surface area contributed by atoms with Gasteiger partial charge in [0.2, 0.25) is 11.6 Å². The second-order valence-corrected chi connectivity index (χ2v) is 8.26. The molecule has 0 spiro atoms. The quantitative estimate of drug-likeness (QED) is 0.251. The fourth-order valence-corrected chi connectivity index (χ4v) is 3.48. The van der Waals surface area contributed by atoms with Crippen LogP contribution in [0.15, 0.2) is 59.8 Å². The Bertz CT molecular complexity index is 1360. The summed E-state index contributed by atoms with van der Waals surface area (Å²) in [6.45, 7) is 1.77. The summed E-state index contributed by atoms with van der Waals surface area (Å²) < 4.78 is 24.9. The summed E-state index contributed by atoms with van der Waals surface area (Å²) in [7, 11) is -4.10. The van der Waals surface area contributed by atoms with E-state index in [4.69, 9.17) is 0 Å². The zero-order valence-electron chi connectivity index (χ0n) is 17.3. The number of nitrogens with one attached hydrogen (secondary N) is 4. The van der Waals surface area contributed by atoms with Crippen molar-refractivity contribution in [2.24, 2.45) is 0 Å². The summed E-state index contributed by atoms with van der Waals surface area (Å²) in [5.41, 5.74) is 5.68. The van der Waals surface area contributed by atoms with E-state index in [1.54, 1.807) is 19.1 Å². The van der Waals surface area contributed by atoms with Crippen molar-refractivity contribution in [2.45, 2.75) is 11.8 Å². The van der Waals surface area contributed by atoms with Gasteiger partial charge in [0, 0.05) is 6.07 Å². The molecule has 1 heterocycles. The fraction of sp³-hybridized carbons (Fsp3) is 0.0556. The average molecular weight is 488 g/mol. The Morgan fingerprint density at radius 2 is 1.53 bits per heavy atom. The lowest BCUT2D eigenvalue weighted by Crippen LogP contribution is -2.32. The summed E-state index contributed by atoms with van der Waals surface area (Å²) >= 11 is 0. The van der Waals surface area contributed by atoms with Gasteiger partial charge in [0.1, 0.15) is 11.9 Å². The lowest BCUT2D eigenvalue weighted by atomic mass is 10.2. The van der Waals surface area contributed by atoms with Gasteiger partial charge in [-0.1, -0.05) is 29.8 Å². The summed E-state index contributed by atoms with van der Waals surface area (Å²) in [5.74, 6) is -2.00. The van der Waals surface area contributed by atoms with E-state index in [1.807, 2.05) is 4.83 Å². The molecule has 34 heavy (non-hydrogen) atoms. The smallest absolute Gasteiger partial charge is 0.286 e. The first-order chi connectivity index (χ1) is 16.1. The van der Waals surface area contributed by atoms with Crippen molar-refractivity contribution >= 4 is 38.9 Å². The van der Waals surface area contributed by atoms with Crippen LogP contribution in [-0.4, -0.2) is 34.1 Å². The molecule has 1 aromatic heterocycles.